The summed E-state index contributed by atoms with van der Waals surface area (Å²) in [5.41, 5.74) is 4.28. The molecule has 14 heavy (non-hydrogen) atoms. The molecule has 0 aliphatic heterocycles. The van der Waals surface area contributed by atoms with E-state index >= 15 is 0 Å². The second-order valence-corrected chi connectivity index (χ2v) is 5.74. The lowest BCUT2D eigenvalue weighted by Gasteiger charge is -2.39. The van der Waals surface area contributed by atoms with Crippen LogP contribution in [0.25, 0.3) is 0 Å². The van der Waals surface area contributed by atoms with E-state index < -0.39 is 5.60 Å². The van der Waals surface area contributed by atoms with E-state index in [1.165, 1.54) is 11.3 Å². The molecule has 0 saturated heterocycles. The molecule has 1 unspecified atom stereocenters. The van der Waals surface area contributed by atoms with Gasteiger partial charge in [0.1, 0.15) is 5.60 Å². The maximum absolute atomic E-state index is 10.5. The predicted molar refractivity (Wildman–Crippen MR) is 61.7 cm³/mol. The molecular formula is C10H16ClNOS. The molecule has 0 saturated carbocycles. The van der Waals surface area contributed by atoms with E-state index in [4.69, 9.17) is 17.3 Å². The molecule has 0 radical (unpaired) electrons. The molecule has 1 rings (SSSR count). The Balaban J connectivity index is 3.22. The Bertz CT molecular complexity index is 318. The summed E-state index contributed by atoms with van der Waals surface area (Å²) in [4.78, 5) is 0.758. The first-order chi connectivity index (χ1) is 6.33. The fraction of sp³-hybridized carbons (Fsp3) is 0.600. The van der Waals surface area contributed by atoms with Crippen molar-refractivity contribution in [1.29, 1.82) is 0 Å². The van der Waals surface area contributed by atoms with Gasteiger partial charge >= 0.3 is 0 Å². The molecule has 80 valence electrons. The molecule has 0 aliphatic rings. The van der Waals surface area contributed by atoms with Crippen LogP contribution in [-0.4, -0.2) is 11.7 Å². The van der Waals surface area contributed by atoms with Crippen LogP contribution >= 0.6 is 22.9 Å². The summed E-state index contributed by atoms with van der Waals surface area (Å²) >= 11 is 7.45. The molecule has 0 aliphatic carbocycles. The summed E-state index contributed by atoms with van der Waals surface area (Å²) < 4.78 is 0. The van der Waals surface area contributed by atoms with Gasteiger partial charge in [0, 0.05) is 6.54 Å². The smallest absolute Gasteiger partial charge is 0.117 e. The summed E-state index contributed by atoms with van der Waals surface area (Å²) in [7, 11) is 0. The zero-order valence-electron chi connectivity index (χ0n) is 8.67. The maximum Gasteiger partial charge on any atom is 0.117 e. The number of hydrogen-bond acceptors (Lipinski definition) is 3. The molecule has 1 aromatic rings. The van der Waals surface area contributed by atoms with Gasteiger partial charge in [-0.2, -0.15) is 0 Å². The monoisotopic (exact) mass is 233 g/mol. The van der Waals surface area contributed by atoms with E-state index in [0.717, 1.165) is 4.88 Å². The Labute approximate surface area is 93.7 Å². The lowest BCUT2D eigenvalue weighted by atomic mass is 9.75. The number of halogens is 1. The van der Waals surface area contributed by atoms with Crippen LogP contribution in [0.2, 0.25) is 5.02 Å². The lowest BCUT2D eigenvalue weighted by molar-refractivity contribution is -0.0525. The third-order valence-corrected chi connectivity index (χ3v) is 4.02. The van der Waals surface area contributed by atoms with Crippen LogP contribution in [0.15, 0.2) is 11.4 Å². The van der Waals surface area contributed by atoms with Crippen molar-refractivity contribution in [3.63, 3.8) is 0 Å². The van der Waals surface area contributed by atoms with Gasteiger partial charge in [-0.25, -0.2) is 0 Å². The Morgan fingerprint density at radius 2 is 2.07 bits per heavy atom. The minimum atomic E-state index is -1.04. The second kappa shape index (κ2) is 3.81. The van der Waals surface area contributed by atoms with Gasteiger partial charge in [-0.05, 0) is 16.9 Å². The van der Waals surface area contributed by atoms with Gasteiger partial charge in [-0.3, -0.25) is 0 Å². The molecule has 0 spiro atoms. The molecule has 0 amide bonds. The van der Waals surface area contributed by atoms with Crippen LogP contribution in [0.3, 0.4) is 0 Å². The zero-order valence-corrected chi connectivity index (χ0v) is 10.2. The third kappa shape index (κ3) is 1.82. The van der Waals surface area contributed by atoms with E-state index in [9.17, 15) is 5.11 Å². The molecule has 2 nitrogen and oxygen atoms in total. The average Bonchev–Trinajstić information content (AvgIpc) is 2.48. The van der Waals surface area contributed by atoms with E-state index in [1.807, 2.05) is 26.2 Å². The Kier molecular flexibility index (Phi) is 3.26. The number of rotatable bonds is 2. The summed E-state index contributed by atoms with van der Waals surface area (Å²) in [5, 5.41) is 13.0. The first-order valence-corrected chi connectivity index (χ1v) is 5.74. The molecule has 1 aromatic heterocycles. The number of nitrogens with two attached hydrogens (primary N) is 1. The highest BCUT2D eigenvalue weighted by molar-refractivity contribution is 7.10. The summed E-state index contributed by atoms with van der Waals surface area (Å²) in [5.74, 6) is 0. The van der Waals surface area contributed by atoms with Gasteiger partial charge in [-0.1, -0.05) is 32.4 Å². The van der Waals surface area contributed by atoms with Crippen molar-refractivity contribution < 1.29 is 5.11 Å². The Morgan fingerprint density at radius 1 is 1.50 bits per heavy atom. The quantitative estimate of drug-likeness (QED) is 0.825. The number of aliphatic hydroxyl groups is 1. The molecule has 0 bridgehead atoms. The van der Waals surface area contributed by atoms with E-state index in [-0.39, 0.29) is 12.0 Å². The molecule has 1 atom stereocenters. The molecule has 4 heteroatoms. The summed E-state index contributed by atoms with van der Waals surface area (Å²) in [6.07, 6.45) is 0. The highest BCUT2D eigenvalue weighted by Gasteiger charge is 2.42. The fourth-order valence-corrected chi connectivity index (χ4v) is 2.86. The van der Waals surface area contributed by atoms with Gasteiger partial charge in [0.15, 0.2) is 0 Å². The van der Waals surface area contributed by atoms with Gasteiger partial charge < -0.3 is 10.8 Å². The van der Waals surface area contributed by atoms with Crippen LogP contribution in [0.1, 0.15) is 25.6 Å². The fourth-order valence-electron chi connectivity index (χ4n) is 1.33. The number of hydrogen-bond donors (Lipinski definition) is 2. The molecule has 1 heterocycles. The van der Waals surface area contributed by atoms with Gasteiger partial charge in [0.25, 0.3) is 0 Å². The van der Waals surface area contributed by atoms with Gasteiger partial charge in [0.05, 0.1) is 9.90 Å². The van der Waals surface area contributed by atoms with Crippen molar-refractivity contribution in [1.82, 2.24) is 0 Å². The van der Waals surface area contributed by atoms with Gasteiger partial charge in [0.2, 0.25) is 0 Å². The molecule has 0 aromatic carbocycles. The minimum Gasteiger partial charge on any atom is -0.382 e. The predicted octanol–water partition coefficient (Wildman–Crippen LogP) is 2.59. The van der Waals surface area contributed by atoms with Crippen molar-refractivity contribution in [2.75, 3.05) is 6.54 Å². The minimum absolute atomic E-state index is 0.177. The van der Waals surface area contributed by atoms with Crippen LogP contribution < -0.4 is 5.73 Å². The highest BCUT2D eigenvalue weighted by atomic mass is 35.5. The first kappa shape index (κ1) is 12.0. The normalized spacial score (nSPS) is 16.7. The van der Waals surface area contributed by atoms with E-state index in [0.29, 0.717) is 5.02 Å². The lowest BCUT2D eigenvalue weighted by Crippen LogP contribution is -2.45. The maximum atomic E-state index is 10.5. The molecule has 0 fully saturated rings. The average molecular weight is 234 g/mol. The SMILES string of the molecule is CC(C)(C)C(O)(CN)c1sccc1Cl. The van der Waals surface area contributed by atoms with Crippen molar-refractivity contribution >= 4 is 22.9 Å². The Hall–Kier alpha value is -0.0900. The van der Waals surface area contributed by atoms with Crippen molar-refractivity contribution in [3.8, 4) is 0 Å². The number of thiophene rings is 1. The standard InChI is InChI=1S/C10H16ClNOS/c1-9(2,3)10(13,6-12)8-7(11)4-5-14-8/h4-5,13H,6,12H2,1-3H3. The third-order valence-electron chi connectivity index (χ3n) is 2.53. The van der Waals surface area contributed by atoms with Crippen LogP contribution in [-0.2, 0) is 5.60 Å². The van der Waals surface area contributed by atoms with Crippen molar-refractivity contribution in [2.45, 2.75) is 26.4 Å². The largest absolute Gasteiger partial charge is 0.382 e. The summed E-state index contributed by atoms with van der Waals surface area (Å²) in [6, 6.07) is 1.79. The van der Waals surface area contributed by atoms with Crippen molar-refractivity contribution in [2.24, 2.45) is 11.1 Å². The van der Waals surface area contributed by atoms with E-state index in [1.54, 1.807) is 6.07 Å². The van der Waals surface area contributed by atoms with Gasteiger partial charge in [-0.15, -0.1) is 11.3 Å². The Morgan fingerprint density at radius 3 is 2.36 bits per heavy atom. The van der Waals surface area contributed by atoms with E-state index in [2.05, 4.69) is 0 Å². The van der Waals surface area contributed by atoms with Crippen LogP contribution in [0.4, 0.5) is 0 Å². The van der Waals surface area contributed by atoms with Crippen LogP contribution in [0.5, 0.6) is 0 Å². The second-order valence-electron chi connectivity index (χ2n) is 4.41. The molecule has 3 N–H and O–H groups in total. The van der Waals surface area contributed by atoms with Crippen molar-refractivity contribution in [3.05, 3.63) is 21.3 Å². The highest BCUT2D eigenvalue weighted by Crippen LogP contribution is 2.43. The zero-order chi connectivity index (χ0) is 11.0. The molecular weight excluding hydrogens is 218 g/mol. The first-order valence-electron chi connectivity index (χ1n) is 4.49. The van der Waals surface area contributed by atoms with Crippen LogP contribution in [0, 0.1) is 5.41 Å². The summed E-state index contributed by atoms with van der Waals surface area (Å²) in [6.45, 7) is 6.04. The topological polar surface area (TPSA) is 46.2 Å².